The summed E-state index contributed by atoms with van der Waals surface area (Å²) >= 11 is 0. The van der Waals surface area contributed by atoms with E-state index in [1.807, 2.05) is 12.3 Å². The fourth-order valence-corrected chi connectivity index (χ4v) is 4.27. The standard InChI is InChI=1S/C23H28N8O/c1-16(32)19-13-17-14-26-23(29-21(17)22(27-19)31-9-3-2-4-10-31)28-20-6-5-18(15-25-20)30-11-7-24-8-12-30/h5-6,13-15,24H,2-4,7-12H2,1H3,(H,25,26,28,29). The third kappa shape index (κ3) is 4.34. The first-order chi connectivity index (χ1) is 15.7. The molecular formula is C23H28N8O. The molecule has 0 radical (unpaired) electrons. The largest absolute Gasteiger partial charge is 0.368 e. The number of Topliss-reactive ketones (excluding diaryl/α,β-unsaturated/α-hetero) is 1. The number of piperidine rings is 1. The zero-order valence-electron chi connectivity index (χ0n) is 18.3. The molecule has 9 heteroatoms. The van der Waals surface area contributed by atoms with E-state index in [0.29, 0.717) is 17.5 Å². The molecule has 2 aliphatic heterocycles. The van der Waals surface area contributed by atoms with Crippen LogP contribution >= 0.6 is 0 Å². The van der Waals surface area contributed by atoms with Gasteiger partial charge in [0.1, 0.15) is 17.0 Å². The summed E-state index contributed by atoms with van der Waals surface area (Å²) < 4.78 is 0. The topological polar surface area (TPSA) is 99.2 Å². The number of hydrogen-bond donors (Lipinski definition) is 2. The van der Waals surface area contributed by atoms with Gasteiger partial charge in [-0.15, -0.1) is 0 Å². The number of rotatable bonds is 5. The summed E-state index contributed by atoms with van der Waals surface area (Å²) in [6.07, 6.45) is 7.09. The molecule has 9 nitrogen and oxygen atoms in total. The van der Waals surface area contributed by atoms with Gasteiger partial charge >= 0.3 is 0 Å². The minimum absolute atomic E-state index is 0.0545. The van der Waals surface area contributed by atoms with Gasteiger partial charge in [-0.25, -0.2) is 19.9 Å². The molecule has 3 aromatic rings. The highest BCUT2D eigenvalue weighted by Gasteiger charge is 2.19. The van der Waals surface area contributed by atoms with Gasteiger partial charge in [0.2, 0.25) is 5.95 Å². The number of ketones is 1. The molecule has 0 aliphatic carbocycles. The Morgan fingerprint density at radius 3 is 2.50 bits per heavy atom. The summed E-state index contributed by atoms with van der Waals surface area (Å²) in [5, 5.41) is 7.40. The van der Waals surface area contributed by atoms with Crippen molar-refractivity contribution in [2.75, 3.05) is 54.4 Å². The molecule has 5 rings (SSSR count). The van der Waals surface area contributed by atoms with Crippen molar-refractivity contribution in [3.05, 3.63) is 36.3 Å². The quantitative estimate of drug-likeness (QED) is 0.590. The normalized spacial score (nSPS) is 16.9. The molecule has 0 aromatic carbocycles. The van der Waals surface area contributed by atoms with Gasteiger partial charge in [0.15, 0.2) is 11.6 Å². The first-order valence-corrected chi connectivity index (χ1v) is 11.3. The Morgan fingerprint density at radius 2 is 1.78 bits per heavy atom. The number of hydrogen-bond acceptors (Lipinski definition) is 9. The van der Waals surface area contributed by atoms with E-state index in [-0.39, 0.29) is 5.78 Å². The number of pyridine rings is 2. The van der Waals surface area contributed by atoms with Crippen LogP contribution < -0.4 is 20.4 Å². The van der Waals surface area contributed by atoms with E-state index < -0.39 is 0 Å². The lowest BCUT2D eigenvalue weighted by atomic mass is 10.1. The molecular weight excluding hydrogens is 404 g/mol. The van der Waals surface area contributed by atoms with Crippen LogP contribution in [0.5, 0.6) is 0 Å². The van der Waals surface area contributed by atoms with Crippen LogP contribution in [0.3, 0.4) is 0 Å². The lowest BCUT2D eigenvalue weighted by Crippen LogP contribution is -2.43. The molecule has 2 N–H and O–H groups in total. The van der Waals surface area contributed by atoms with E-state index in [0.717, 1.165) is 74.5 Å². The van der Waals surface area contributed by atoms with E-state index in [9.17, 15) is 4.79 Å². The maximum absolute atomic E-state index is 12.0. The first-order valence-electron chi connectivity index (χ1n) is 11.3. The van der Waals surface area contributed by atoms with Crippen LogP contribution in [0.4, 0.5) is 23.3 Å². The Morgan fingerprint density at radius 1 is 0.969 bits per heavy atom. The van der Waals surface area contributed by atoms with Crippen LogP contribution in [0, 0.1) is 0 Å². The highest BCUT2D eigenvalue weighted by Crippen LogP contribution is 2.28. The fourth-order valence-electron chi connectivity index (χ4n) is 4.27. The number of anilines is 4. The first kappa shape index (κ1) is 20.6. The number of carbonyl (C=O) groups excluding carboxylic acids is 1. The van der Waals surface area contributed by atoms with E-state index in [2.05, 4.69) is 41.5 Å². The molecule has 0 atom stereocenters. The minimum atomic E-state index is -0.0545. The Labute approximate surface area is 187 Å². The smallest absolute Gasteiger partial charge is 0.229 e. The monoisotopic (exact) mass is 432 g/mol. The molecule has 0 amide bonds. The summed E-state index contributed by atoms with van der Waals surface area (Å²) in [4.78, 5) is 35.0. The number of fused-ring (bicyclic) bond motifs is 1. The predicted molar refractivity (Wildman–Crippen MR) is 126 cm³/mol. The van der Waals surface area contributed by atoms with Crippen LogP contribution in [-0.4, -0.2) is 65.0 Å². The maximum atomic E-state index is 12.0. The van der Waals surface area contributed by atoms with Crippen molar-refractivity contribution in [3.63, 3.8) is 0 Å². The van der Waals surface area contributed by atoms with Crippen molar-refractivity contribution in [1.29, 1.82) is 0 Å². The zero-order chi connectivity index (χ0) is 21.9. The number of nitrogens with one attached hydrogen (secondary N) is 2. The lowest BCUT2D eigenvalue weighted by molar-refractivity contribution is 0.101. The summed E-state index contributed by atoms with van der Waals surface area (Å²) in [5.74, 6) is 1.87. The molecule has 0 bridgehead atoms. The SMILES string of the molecule is CC(=O)c1cc2cnc(Nc3ccc(N4CCNCC4)cn3)nc2c(N2CCCCC2)n1. The highest BCUT2D eigenvalue weighted by atomic mass is 16.1. The molecule has 5 heterocycles. The molecule has 2 aliphatic rings. The molecule has 2 saturated heterocycles. The molecule has 166 valence electrons. The third-order valence-electron chi connectivity index (χ3n) is 6.03. The van der Waals surface area contributed by atoms with Gasteiger partial charge < -0.3 is 20.4 Å². The molecule has 0 saturated carbocycles. The second-order valence-corrected chi connectivity index (χ2v) is 8.33. The Hall–Kier alpha value is -3.33. The molecule has 2 fully saturated rings. The van der Waals surface area contributed by atoms with Crippen molar-refractivity contribution in [2.45, 2.75) is 26.2 Å². The van der Waals surface area contributed by atoms with Gasteiger partial charge in [0.05, 0.1) is 11.9 Å². The molecule has 32 heavy (non-hydrogen) atoms. The van der Waals surface area contributed by atoms with Crippen molar-refractivity contribution in [3.8, 4) is 0 Å². The van der Waals surface area contributed by atoms with Crippen LogP contribution in [0.25, 0.3) is 10.9 Å². The Kier molecular flexibility index (Phi) is 5.81. The highest BCUT2D eigenvalue weighted by molar-refractivity contribution is 5.99. The van der Waals surface area contributed by atoms with Gasteiger partial charge in [-0.1, -0.05) is 0 Å². The number of piperazine rings is 1. The van der Waals surface area contributed by atoms with Crippen LogP contribution in [0.2, 0.25) is 0 Å². The van der Waals surface area contributed by atoms with Gasteiger partial charge in [0.25, 0.3) is 0 Å². The maximum Gasteiger partial charge on any atom is 0.229 e. The minimum Gasteiger partial charge on any atom is -0.368 e. The summed E-state index contributed by atoms with van der Waals surface area (Å²) in [6, 6.07) is 5.80. The van der Waals surface area contributed by atoms with Crippen molar-refractivity contribution < 1.29 is 4.79 Å². The summed E-state index contributed by atoms with van der Waals surface area (Å²) in [6.45, 7) is 7.33. The summed E-state index contributed by atoms with van der Waals surface area (Å²) in [7, 11) is 0. The Balaban J connectivity index is 1.43. The number of carbonyl (C=O) groups is 1. The van der Waals surface area contributed by atoms with E-state index >= 15 is 0 Å². The number of nitrogens with zero attached hydrogens (tertiary/aromatic N) is 6. The van der Waals surface area contributed by atoms with Crippen molar-refractivity contribution >= 4 is 40.0 Å². The van der Waals surface area contributed by atoms with E-state index in [1.165, 1.54) is 6.42 Å². The summed E-state index contributed by atoms with van der Waals surface area (Å²) in [5.41, 5.74) is 2.32. The molecule has 0 unspecified atom stereocenters. The molecule has 0 spiro atoms. The van der Waals surface area contributed by atoms with Gasteiger partial charge in [-0.3, -0.25) is 4.79 Å². The van der Waals surface area contributed by atoms with Gasteiger partial charge in [0, 0.05) is 57.8 Å². The van der Waals surface area contributed by atoms with Crippen molar-refractivity contribution in [1.82, 2.24) is 25.3 Å². The zero-order valence-corrected chi connectivity index (χ0v) is 18.3. The van der Waals surface area contributed by atoms with Crippen LogP contribution in [0.1, 0.15) is 36.7 Å². The molecule has 3 aromatic heterocycles. The van der Waals surface area contributed by atoms with E-state index in [1.54, 1.807) is 19.2 Å². The second-order valence-electron chi connectivity index (χ2n) is 8.33. The average molecular weight is 433 g/mol. The van der Waals surface area contributed by atoms with E-state index in [4.69, 9.17) is 4.98 Å². The lowest BCUT2D eigenvalue weighted by Gasteiger charge is -2.29. The van der Waals surface area contributed by atoms with Crippen LogP contribution in [-0.2, 0) is 0 Å². The Bertz CT molecular complexity index is 1100. The average Bonchev–Trinajstić information content (AvgIpc) is 2.85. The second kappa shape index (κ2) is 9.04. The predicted octanol–water partition coefficient (Wildman–Crippen LogP) is 2.77. The van der Waals surface area contributed by atoms with Crippen LogP contribution in [0.15, 0.2) is 30.6 Å². The van der Waals surface area contributed by atoms with Crippen molar-refractivity contribution in [2.24, 2.45) is 0 Å². The van der Waals surface area contributed by atoms with Gasteiger partial charge in [-0.2, -0.15) is 0 Å². The number of aromatic nitrogens is 4. The van der Waals surface area contributed by atoms with Gasteiger partial charge in [-0.05, 0) is 37.5 Å². The fraction of sp³-hybridized carbons (Fsp3) is 0.435. The third-order valence-corrected chi connectivity index (χ3v) is 6.03.